The summed E-state index contributed by atoms with van der Waals surface area (Å²) in [6.07, 6.45) is 2.68. The maximum absolute atomic E-state index is 5.49. The minimum Gasteiger partial charge on any atom is -0.496 e. The lowest BCUT2D eigenvalue weighted by Gasteiger charge is -2.20. The molecule has 0 bridgehead atoms. The maximum atomic E-state index is 5.49. The molecule has 1 unspecified atom stereocenters. The Balaban J connectivity index is 2.15. The average Bonchev–Trinajstić information content (AvgIpc) is 3.23. The number of benzene rings is 1. The van der Waals surface area contributed by atoms with Crippen molar-refractivity contribution >= 4 is 0 Å². The first kappa shape index (κ1) is 14.4. The summed E-state index contributed by atoms with van der Waals surface area (Å²) < 4.78 is 5.49. The van der Waals surface area contributed by atoms with Crippen molar-refractivity contribution < 1.29 is 4.74 Å². The van der Waals surface area contributed by atoms with Gasteiger partial charge in [0.1, 0.15) is 5.75 Å². The molecular formula is C16H26N2O. The molecule has 0 amide bonds. The summed E-state index contributed by atoms with van der Waals surface area (Å²) in [5.41, 5.74) is 2.63. The molecule has 1 N–H and O–H groups in total. The molecule has 1 aliphatic carbocycles. The normalized spacial score (nSPS) is 16.7. The molecule has 1 aromatic carbocycles. The number of nitrogens with one attached hydrogen (secondary N) is 1. The van der Waals surface area contributed by atoms with Crippen molar-refractivity contribution in [3.8, 4) is 5.75 Å². The molecule has 0 saturated heterocycles. The van der Waals surface area contributed by atoms with Gasteiger partial charge in [0.15, 0.2) is 0 Å². The predicted octanol–water partition coefficient (Wildman–Crippen LogP) is 2.96. The van der Waals surface area contributed by atoms with Gasteiger partial charge in [0.25, 0.3) is 0 Å². The molecule has 3 heteroatoms. The van der Waals surface area contributed by atoms with Crippen LogP contribution >= 0.6 is 0 Å². The van der Waals surface area contributed by atoms with Crippen LogP contribution < -0.4 is 10.1 Å². The van der Waals surface area contributed by atoms with E-state index >= 15 is 0 Å². The quantitative estimate of drug-likeness (QED) is 0.817. The van der Waals surface area contributed by atoms with Gasteiger partial charge in [0.2, 0.25) is 0 Å². The first-order valence-electron chi connectivity index (χ1n) is 7.26. The molecule has 106 valence electrons. The molecule has 1 aromatic rings. The van der Waals surface area contributed by atoms with E-state index in [0.29, 0.717) is 6.04 Å². The second kappa shape index (κ2) is 6.40. The van der Waals surface area contributed by atoms with Crippen molar-refractivity contribution in [3.05, 3.63) is 29.3 Å². The van der Waals surface area contributed by atoms with Crippen molar-refractivity contribution in [1.82, 2.24) is 10.2 Å². The lowest BCUT2D eigenvalue weighted by Crippen LogP contribution is -2.21. The Bertz CT molecular complexity index is 415. The van der Waals surface area contributed by atoms with Crippen LogP contribution in [0.1, 0.15) is 43.9 Å². The molecule has 1 atom stereocenters. The lowest BCUT2D eigenvalue weighted by molar-refractivity contribution is 0.307. The van der Waals surface area contributed by atoms with Gasteiger partial charge in [-0.25, -0.2) is 0 Å². The van der Waals surface area contributed by atoms with Gasteiger partial charge in [-0.2, -0.15) is 0 Å². The summed E-state index contributed by atoms with van der Waals surface area (Å²) in [4.78, 5) is 2.43. The topological polar surface area (TPSA) is 24.5 Å². The summed E-state index contributed by atoms with van der Waals surface area (Å²) in [5.74, 6) is 1.000. The molecule has 3 nitrogen and oxygen atoms in total. The molecule has 0 heterocycles. The second-order valence-electron chi connectivity index (χ2n) is 5.50. The molecule has 2 rings (SSSR count). The van der Waals surface area contributed by atoms with E-state index in [1.54, 1.807) is 7.11 Å². The van der Waals surface area contributed by atoms with E-state index in [0.717, 1.165) is 24.9 Å². The van der Waals surface area contributed by atoms with Gasteiger partial charge in [0, 0.05) is 24.2 Å². The van der Waals surface area contributed by atoms with E-state index in [-0.39, 0.29) is 0 Å². The van der Waals surface area contributed by atoms with Crippen molar-refractivity contribution in [2.24, 2.45) is 0 Å². The first-order chi connectivity index (χ1) is 9.15. The van der Waals surface area contributed by atoms with Crippen molar-refractivity contribution in [3.63, 3.8) is 0 Å². The summed E-state index contributed by atoms with van der Waals surface area (Å²) in [6.45, 7) is 6.31. The lowest BCUT2D eigenvalue weighted by atomic mass is 10.0. The van der Waals surface area contributed by atoms with Gasteiger partial charge in [0.05, 0.1) is 7.11 Å². The third-order valence-corrected chi connectivity index (χ3v) is 3.90. The van der Waals surface area contributed by atoms with E-state index in [2.05, 4.69) is 49.3 Å². The Labute approximate surface area is 116 Å². The van der Waals surface area contributed by atoms with Gasteiger partial charge in [-0.05, 0) is 51.1 Å². The fourth-order valence-electron chi connectivity index (χ4n) is 2.53. The smallest absolute Gasteiger partial charge is 0.123 e. The summed E-state index contributed by atoms with van der Waals surface area (Å²) in [7, 11) is 3.96. The molecule has 0 aliphatic heterocycles. The highest BCUT2D eigenvalue weighted by Gasteiger charge is 2.26. The Hall–Kier alpha value is -1.06. The average molecular weight is 262 g/mol. The SMILES string of the molecule is CCNC(C)c1ccc(OC)c(CN(C)C2CC2)c1. The highest BCUT2D eigenvalue weighted by atomic mass is 16.5. The van der Waals surface area contributed by atoms with Crippen LogP contribution in [-0.2, 0) is 6.54 Å². The molecule has 0 aromatic heterocycles. The Morgan fingerprint density at radius 2 is 2.16 bits per heavy atom. The number of ether oxygens (including phenoxy) is 1. The zero-order valence-corrected chi connectivity index (χ0v) is 12.6. The van der Waals surface area contributed by atoms with Crippen LogP contribution in [0, 0.1) is 0 Å². The zero-order chi connectivity index (χ0) is 13.8. The maximum Gasteiger partial charge on any atom is 0.123 e. The highest BCUT2D eigenvalue weighted by Crippen LogP contribution is 2.30. The van der Waals surface area contributed by atoms with Crippen LogP contribution in [0.3, 0.4) is 0 Å². The highest BCUT2D eigenvalue weighted by molar-refractivity contribution is 5.38. The first-order valence-corrected chi connectivity index (χ1v) is 7.26. The summed E-state index contributed by atoms with van der Waals surface area (Å²) in [6, 6.07) is 7.71. The van der Waals surface area contributed by atoms with Crippen molar-refractivity contribution in [2.75, 3.05) is 20.7 Å². The fraction of sp³-hybridized carbons (Fsp3) is 0.625. The van der Waals surface area contributed by atoms with Gasteiger partial charge < -0.3 is 10.1 Å². The zero-order valence-electron chi connectivity index (χ0n) is 12.6. The Morgan fingerprint density at radius 3 is 2.74 bits per heavy atom. The third kappa shape index (κ3) is 3.71. The number of rotatable bonds is 7. The molecular weight excluding hydrogens is 236 g/mol. The molecule has 1 aliphatic rings. The van der Waals surface area contributed by atoms with E-state index in [1.807, 2.05) is 0 Å². The standard InChI is InChI=1S/C16H26N2O/c1-5-17-12(2)13-6-9-16(19-4)14(10-13)11-18(3)15-7-8-15/h6,9-10,12,15,17H,5,7-8,11H2,1-4H3. The van der Waals surface area contributed by atoms with Gasteiger partial charge in [-0.15, -0.1) is 0 Å². The molecule has 0 radical (unpaired) electrons. The van der Waals surface area contributed by atoms with Gasteiger partial charge >= 0.3 is 0 Å². The van der Waals surface area contributed by atoms with Crippen molar-refractivity contribution in [2.45, 2.75) is 45.3 Å². The predicted molar refractivity (Wildman–Crippen MR) is 79.6 cm³/mol. The van der Waals surface area contributed by atoms with Crippen LogP contribution in [0.5, 0.6) is 5.75 Å². The van der Waals surface area contributed by atoms with E-state index in [9.17, 15) is 0 Å². The minimum absolute atomic E-state index is 0.390. The largest absolute Gasteiger partial charge is 0.496 e. The molecule has 1 fully saturated rings. The minimum atomic E-state index is 0.390. The number of hydrogen-bond acceptors (Lipinski definition) is 3. The molecule has 19 heavy (non-hydrogen) atoms. The second-order valence-corrected chi connectivity index (χ2v) is 5.50. The Morgan fingerprint density at radius 1 is 1.42 bits per heavy atom. The summed E-state index contributed by atoms with van der Waals surface area (Å²) in [5, 5.41) is 3.46. The van der Waals surface area contributed by atoms with Gasteiger partial charge in [-0.1, -0.05) is 13.0 Å². The third-order valence-electron chi connectivity index (χ3n) is 3.90. The Kier molecular flexibility index (Phi) is 4.83. The molecule has 0 spiro atoms. The van der Waals surface area contributed by atoms with Crippen LogP contribution in [0.15, 0.2) is 18.2 Å². The number of methoxy groups -OCH3 is 1. The van der Waals surface area contributed by atoms with Gasteiger partial charge in [-0.3, -0.25) is 4.90 Å². The fourth-order valence-corrected chi connectivity index (χ4v) is 2.53. The van der Waals surface area contributed by atoms with Crippen molar-refractivity contribution in [1.29, 1.82) is 0 Å². The van der Waals surface area contributed by atoms with Crippen LogP contribution in [0.25, 0.3) is 0 Å². The summed E-state index contributed by atoms with van der Waals surface area (Å²) >= 11 is 0. The van der Waals surface area contributed by atoms with Crippen LogP contribution in [-0.4, -0.2) is 31.6 Å². The molecule has 1 saturated carbocycles. The van der Waals surface area contributed by atoms with E-state index in [4.69, 9.17) is 4.74 Å². The number of hydrogen-bond donors (Lipinski definition) is 1. The van der Waals surface area contributed by atoms with Crippen LogP contribution in [0.4, 0.5) is 0 Å². The van der Waals surface area contributed by atoms with E-state index in [1.165, 1.54) is 24.0 Å². The number of nitrogens with zero attached hydrogens (tertiary/aromatic N) is 1. The van der Waals surface area contributed by atoms with E-state index < -0.39 is 0 Å². The van der Waals surface area contributed by atoms with Crippen LogP contribution in [0.2, 0.25) is 0 Å². The monoisotopic (exact) mass is 262 g/mol.